The highest BCUT2D eigenvalue weighted by Crippen LogP contribution is 2.33. The molecule has 0 saturated heterocycles. The van der Waals surface area contributed by atoms with Gasteiger partial charge in [-0.05, 0) is 35.2 Å². The first-order valence-corrected chi connectivity index (χ1v) is 6.22. The van der Waals surface area contributed by atoms with Crippen LogP contribution in [0.4, 0.5) is 5.69 Å². The molecule has 0 amide bonds. The Labute approximate surface area is 125 Å². The number of benzene rings is 2. The summed E-state index contributed by atoms with van der Waals surface area (Å²) in [6, 6.07) is 9.11. The number of carboxylic acids is 2. The number of hydrogen-bond donors (Lipinski definition) is 2. The lowest BCUT2D eigenvalue weighted by molar-refractivity contribution is 0.0652. The van der Waals surface area contributed by atoms with Crippen LogP contribution in [0.2, 0.25) is 0 Å². The molecule has 110 valence electrons. The molecule has 0 fully saturated rings. The van der Waals surface area contributed by atoms with Crippen LogP contribution in [-0.4, -0.2) is 22.2 Å². The lowest BCUT2D eigenvalue weighted by Crippen LogP contribution is -2.10. The van der Waals surface area contributed by atoms with Gasteiger partial charge in [-0.3, -0.25) is 0 Å². The molecule has 0 unspecified atom stereocenters. The number of rotatable bonds is 4. The predicted molar refractivity (Wildman–Crippen MR) is 79.3 cm³/mol. The van der Waals surface area contributed by atoms with Crippen LogP contribution < -0.4 is 0 Å². The largest absolute Gasteiger partial charge is 0.478 e. The molecule has 0 atom stereocenters. The molecule has 2 N–H and O–H groups in total. The van der Waals surface area contributed by atoms with Gasteiger partial charge in [0.05, 0.1) is 11.1 Å². The minimum Gasteiger partial charge on any atom is -0.478 e. The molecule has 0 aliphatic carbocycles. The molecule has 0 aromatic heterocycles. The van der Waals surface area contributed by atoms with Crippen LogP contribution in [0.1, 0.15) is 26.3 Å². The maximum Gasteiger partial charge on any atom is 0.337 e. The average molecular weight is 297 g/mol. The summed E-state index contributed by atoms with van der Waals surface area (Å²) in [6.07, 6.45) is 0. The van der Waals surface area contributed by atoms with Crippen LogP contribution >= 0.6 is 0 Å². The fourth-order valence-corrected chi connectivity index (χ4v) is 2.26. The summed E-state index contributed by atoms with van der Waals surface area (Å²) in [5.41, 5.74) is 9.67. The monoisotopic (exact) mass is 297 g/mol. The summed E-state index contributed by atoms with van der Waals surface area (Å²) in [5.74, 6) is -2.65. The molecule has 0 aliphatic rings. The number of hydrogen-bond acceptors (Lipinski definition) is 3. The molecular weight excluding hydrogens is 286 g/mol. The fraction of sp³-hybridized carbons (Fsp3) is 0.0667. The Balaban J connectivity index is 2.81. The zero-order valence-electron chi connectivity index (χ0n) is 11.5. The predicted octanol–water partition coefficient (Wildman–Crippen LogP) is 4.00. The minimum atomic E-state index is -1.33. The second-order valence-electron chi connectivity index (χ2n) is 4.48. The standard InChI is InChI=1S/C15H11N3O4/c1-8-9(4-3-7-12(8)17-18-16)10-5-2-6-11(14(19)20)13(10)15(21)22/h2-7H,1H3,(H,19,20)(H,21,22). The van der Waals surface area contributed by atoms with Gasteiger partial charge in [-0.2, -0.15) is 0 Å². The Morgan fingerprint density at radius 3 is 2.27 bits per heavy atom. The third-order valence-corrected chi connectivity index (χ3v) is 3.26. The molecule has 7 heteroatoms. The van der Waals surface area contributed by atoms with Crippen LogP contribution in [0, 0.1) is 6.92 Å². The van der Waals surface area contributed by atoms with Gasteiger partial charge in [0.1, 0.15) is 0 Å². The van der Waals surface area contributed by atoms with E-state index in [9.17, 15) is 14.7 Å². The molecule has 0 radical (unpaired) electrons. The normalized spacial score (nSPS) is 9.86. The zero-order valence-corrected chi connectivity index (χ0v) is 11.5. The smallest absolute Gasteiger partial charge is 0.337 e. The van der Waals surface area contributed by atoms with Crippen LogP contribution in [0.3, 0.4) is 0 Å². The zero-order chi connectivity index (χ0) is 16.3. The van der Waals surface area contributed by atoms with Gasteiger partial charge in [-0.15, -0.1) is 0 Å². The first-order chi connectivity index (χ1) is 10.5. The van der Waals surface area contributed by atoms with Gasteiger partial charge in [0.15, 0.2) is 0 Å². The molecule has 2 rings (SSSR count). The van der Waals surface area contributed by atoms with E-state index in [1.165, 1.54) is 18.2 Å². The van der Waals surface area contributed by atoms with E-state index in [0.717, 1.165) is 0 Å². The van der Waals surface area contributed by atoms with Crippen molar-refractivity contribution in [3.63, 3.8) is 0 Å². The number of aromatic carboxylic acids is 2. The van der Waals surface area contributed by atoms with E-state index in [-0.39, 0.29) is 16.7 Å². The van der Waals surface area contributed by atoms with Gasteiger partial charge in [-0.25, -0.2) is 9.59 Å². The average Bonchev–Trinajstić information content (AvgIpc) is 2.48. The van der Waals surface area contributed by atoms with Crippen molar-refractivity contribution in [2.45, 2.75) is 6.92 Å². The fourth-order valence-electron chi connectivity index (χ4n) is 2.26. The summed E-state index contributed by atoms with van der Waals surface area (Å²) < 4.78 is 0. The van der Waals surface area contributed by atoms with Crippen LogP contribution in [-0.2, 0) is 0 Å². The van der Waals surface area contributed by atoms with Crippen molar-refractivity contribution in [2.75, 3.05) is 0 Å². The van der Waals surface area contributed by atoms with E-state index in [0.29, 0.717) is 16.8 Å². The van der Waals surface area contributed by atoms with Crippen LogP contribution in [0.25, 0.3) is 21.6 Å². The summed E-state index contributed by atoms with van der Waals surface area (Å²) >= 11 is 0. The summed E-state index contributed by atoms with van der Waals surface area (Å²) in [7, 11) is 0. The van der Waals surface area contributed by atoms with Gasteiger partial charge < -0.3 is 10.2 Å². The highest BCUT2D eigenvalue weighted by atomic mass is 16.4. The topological polar surface area (TPSA) is 123 Å². The van der Waals surface area contributed by atoms with Gasteiger partial charge in [0.25, 0.3) is 0 Å². The quantitative estimate of drug-likeness (QED) is 0.502. The van der Waals surface area contributed by atoms with E-state index in [1.807, 2.05) is 0 Å². The molecule has 2 aromatic carbocycles. The summed E-state index contributed by atoms with van der Waals surface area (Å²) in [5, 5.41) is 22.1. The molecule has 0 spiro atoms. The third kappa shape index (κ3) is 2.61. The molecule has 22 heavy (non-hydrogen) atoms. The number of carboxylic acid groups (broad SMARTS) is 2. The number of carbonyl (C=O) groups is 2. The Hall–Kier alpha value is -3.31. The summed E-state index contributed by atoms with van der Waals surface area (Å²) in [4.78, 5) is 25.5. The first kappa shape index (κ1) is 15.1. The Bertz CT molecular complexity index is 824. The number of nitrogens with zero attached hydrogens (tertiary/aromatic N) is 3. The highest BCUT2D eigenvalue weighted by molar-refractivity contribution is 6.07. The maximum atomic E-state index is 11.5. The minimum absolute atomic E-state index is 0.264. The van der Waals surface area contributed by atoms with Crippen molar-refractivity contribution < 1.29 is 19.8 Å². The maximum absolute atomic E-state index is 11.5. The van der Waals surface area contributed by atoms with Crippen molar-refractivity contribution in [2.24, 2.45) is 5.11 Å². The molecule has 7 nitrogen and oxygen atoms in total. The highest BCUT2D eigenvalue weighted by Gasteiger charge is 2.21. The van der Waals surface area contributed by atoms with E-state index < -0.39 is 11.9 Å². The Kier molecular flexibility index (Phi) is 4.11. The van der Waals surface area contributed by atoms with Crippen LogP contribution in [0.15, 0.2) is 41.5 Å². The second-order valence-corrected chi connectivity index (χ2v) is 4.48. The first-order valence-electron chi connectivity index (χ1n) is 6.22. The Morgan fingerprint density at radius 1 is 1.05 bits per heavy atom. The lowest BCUT2D eigenvalue weighted by atomic mass is 9.92. The van der Waals surface area contributed by atoms with Gasteiger partial charge in [0.2, 0.25) is 0 Å². The Morgan fingerprint density at radius 2 is 1.68 bits per heavy atom. The molecule has 0 aliphatic heterocycles. The second kappa shape index (κ2) is 5.99. The van der Waals surface area contributed by atoms with E-state index in [1.54, 1.807) is 25.1 Å². The van der Waals surface area contributed by atoms with Crippen molar-refractivity contribution in [3.8, 4) is 11.1 Å². The SMILES string of the molecule is Cc1c(N=[N+]=[N-])cccc1-c1cccc(C(=O)O)c1C(=O)O. The molecular formula is C15H11N3O4. The molecule has 0 heterocycles. The molecule has 0 bridgehead atoms. The van der Waals surface area contributed by atoms with Gasteiger partial charge in [-0.1, -0.05) is 35.4 Å². The van der Waals surface area contributed by atoms with E-state index >= 15 is 0 Å². The van der Waals surface area contributed by atoms with Gasteiger partial charge >= 0.3 is 11.9 Å². The number of azide groups is 1. The lowest BCUT2D eigenvalue weighted by Gasteiger charge is -2.13. The van der Waals surface area contributed by atoms with Gasteiger partial charge in [0, 0.05) is 10.6 Å². The summed E-state index contributed by atoms with van der Waals surface area (Å²) in [6.45, 7) is 1.68. The van der Waals surface area contributed by atoms with E-state index in [4.69, 9.17) is 10.6 Å². The van der Waals surface area contributed by atoms with Crippen molar-refractivity contribution in [1.82, 2.24) is 0 Å². The van der Waals surface area contributed by atoms with Crippen molar-refractivity contribution in [1.29, 1.82) is 0 Å². The van der Waals surface area contributed by atoms with Crippen molar-refractivity contribution >= 4 is 17.6 Å². The third-order valence-electron chi connectivity index (χ3n) is 3.26. The molecule has 0 saturated carbocycles. The van der Waals surface area contributed by atoms with Crippen LogP contribution in [0.5, 0.6) is 0 Å². The molecule has 2 aromatic rings. The van der Waals surface area contributed by atoms with Crippen molar-refractivity contribution in [3.05, 3.63) is 63.5 Å². The van der Waals surface area contributed by atoms with E-state index in [2.05, 4.69) is 10.0 Å².